The maximum absolute atomic E-state index is 9.12. The average Bonchev–Trinajstić information content (AvgIpc) is 2.17. The van der Waals surface area contributed by atoms with Crippen LogP contribution in [0.1, 0.15) is 6.42 Å². The fourth-order valence-electron chi connectivity index (χ4n) is 0.978. The van der Waals surface area contributed by atoms with E-state index in [0.717, 1.165) is 13.0 Å². The quantitative estimate of drug-likeness (QED) is 0.415. The molecule has 0 aromatic heterocycles. The van der Waals surface area contributed by atoms with Gasteiger partial charge in [0, 0.05) is 0 Å². The van der Waals surface area contributed by atoms with E-state index < -0.39 is 0 Å². The van der Waals surface area contributed by atoms with Gasteiger partial charge in [0.2, 0.25) is 0 Å². The van der Waals surface area contributed by atoms with Crippen molar-refractivity contribution < 1.29 is 31.0 Å². The van der Waals surface area contributed by atoms with Crippen molar-refractivity contribution >= 4 is 0 Å². The first kappa shape index (κ1) is 7.75. The Bertz CT molecular complexity index is 85.1. The van der Waals surface area contributed by atoms with Crippen molar-refractivity contribution in [3.8, 4) is 0 Å². The summed E-state index contributed by atoms with van der Waals surface area (Å²) in [7, 11) is 1.73. The topological polar surface area (TPSA) is 29.5 Å². The van der Waals surface area contributed by atoms with E-state index in [1.54, 1.807) is 7.11 Å². The van der Waals surface area contributed by atoms with Gasteiger partial charge in [-0.05, 0) is 0 Å². The molecule has 1 fully saturated rings. The van der Waals surface area contributed by atoms with Crippen molar-refractivity contribution in [1.29, 1.82) is 0 Å². The zero-order chi connectivity index (χ0) is 6.69. The van der Waals surface area contributed by atoms with Crippen molar-refractivity contribution in [3.63, 3.8) is 0 Å². The molecule has 1 N–H and O–H groups in total. The molecule has 2 nitrogen and oxygen atoms in total. The van der Waals surface area contributed by atoms with Gasteiger partial charge in [-0.2, -0.15) is 0 Å². The van der Waals surface area contributed by atoms with Gasteiger partial charge in [0.25, 0.3) is 0 Å². The number of aliphatic hydroxyl groups is 1. The van der Waals surface area contributed by atoms with Gasteiger partial charge in [0.05, 0.1) is 0 Å². The first-order valence-electron chi connectivity index (χ1n) is 3.07. The number of aliphatic hydroxyl groups excluding tert-OH is 1. The zero-order valence-electron chi connectivity index (χ0n) is 5.51. The van der Waals surface area contributed by atoms with Gasteiger partial charge in [-0.1, -0.05) is 0 Å². The van der Waals surface area contributed by atoms with Crippen LogP contribution in [0.25, 0.3) is 0 Å². The molecule has 1 unspecified atom stereocenters. The second-order valence-corrected chi connectivity index (χ2v) is 5.50. The molecule has 0 aromatic carbocycles. The molecule has 0 spiro atoms. The molecular formula is C6H12IO2-. The van der Waals surface area contributed by atoms with Crippen LogP contribution in [-0.2, 0) is 4.74 Å². The zero-order valence-corrected chi connectivity index (χ0v) is 7.67. The van der Waals surface area contributed by atoms with Crippen molar-refractivity contribution in [3.05, 3.63) is 0 Å². The summed E-state index contributed by atoms with van der Waals surface area (Å²) in [6.45, 7) is 0.844. The van der Waals surface area contributed by atoms with E-state index in [1.165, 1.54) is 4.43 Å². The van der Waals surface area contributed by atoms with Crippen LogP contribution in [-0.4, -0.2) is 27.4 Å². The molecule has 0 aliphatic carbocycles. The fourth-order valence-corrected chi connectivity index (χ4v) is 3.98. The van der Waals surface area contributed by atoms with E-state index in [4.69, 9.17) is 9.84 Å². The van der Waals surface area contributed by atoms with Crippen molar-refractivity contribution in [1.82, 2.24) is 0 Å². The van der Waals surface area contributed by atoms with E-state index in [-0.39, 0.29) is 25.3 Å². The molecule has 1 aliphatic heterocycles. The Morgan fingerprint density at radius 2 is 2.56 bits per heavy atom. The van der Waals surface area contributed by atoms with Crippen LogP contribution in [0, 0.1) is 5.92 Å². The van der Waals surface area contributed by atoms with Crippen molar-refractivity contribution in [2.75, 3.05) is 18.1 Å². The molecule has 1 saturated heterocycles. The fraction of sp³-hybridized carbons (Fsp3) is 1.00. The predicted octanol–water partition coefficient (Wildman–Crippen LogP) is -2.94. The molecule has 1 heterocycles. The Labute approximate surface area is 65.9 Å². The summed E-state index contributed by atoms with van der Waals surface area (Å²) in [6.07, 6.45) is 0.987. The Morgan fingerprint density at radius 3 is 3.00 bits per heavy atom. The molecule has 0 amide bonds. The van der Waals surface area contributed by atoms with Gasteiger partial charge in [0.15, 0.2) is 0 Å². The van der Waals surface area contributed by atoms with Crippen LogP contribution in [0.15, 0.2) is 0 Å². The summed E-state index contributed by atoms with van der Waals surface area (Å²) >= 11 is 0.102. The molecule has 0 radical (unpaired) electrons. The minimum absolute atomic E-state index is 0.0592. The third kappa shape index (κ3) is 2.39. The number of alkyl halides is 2. The second-order valence-electron chi connectivity index (χ2n) is 2.30. The van der Waals surface area contributed by atoms with E-state index in [1.807, 2.05) is 0 Å². The van der Waals surface area contributed by atoms with E-state index in [2.05, 4.69) is 0 Å². The summed E-state index contributed by atoms with van der Waals surface area (Å²) in [6, 6.07) is 0. The van der Waals surface area contributed by atoms with Crippen molar-refractivity contribution in [2.24, 2.45) is 5.92 Å². The number of hydrogen-bond donors (Lipinski definition) is 1. The molecule has 1 rings (SSSR count). The summed E-state index contributed by atoms with van der Waals surface area (Å²) in [5.41, 5.74) is 0. The van der Waals surface area contributed by atoms with E-state index in [0.29, 0.717) is 5.92 Å². The summed E-state index contributed by atoms with van der Waals surface area (Å²) in [4.78, 5) is 0. The normalized spacial score (nSPS) is 36.2. The third-order valence-corrected chi connectivity index (χ3v) is 4.70. The van der Waals surface area contributed by atoms with E-state index in [9.17, 15) is 0 Å². The first-order valence-corrected chi connectivity index (χ1v) is 5.84. The molecule has 3 heteroatoms. The third-order valence-electron chi connectivity index (χ3n) is 1.42. The van der Waals surface area contributed by atoms with Gasteiger partial charge in [0.1, 0.15) is 0 Å². The minimum atomic E-state index is 0.0592. The maximum atomic E-state index is 9.12. The van der Waals surface area contributed by atoms with Gasteiger partial charge >= 0.3 is 65.6 Å². The first-order chi connectivity index (χ1) is 4.33. The molecule has 2 atom stereocenters. The monoisotopic (exact) mass is 243 g/mol. The summed E-state index contributed by atoms with van der Waals surface area (Å²) in [5.74, 6) is 0.665. The Kier molecular flexibility index (Phi) is 3.21. The molecule has 0 saturated carbocycles. The molecule has 0 bridgehead atoms. The number of rotatable bonds is 2. The van der Waals surface area contributed by atoms with Crippen LogP contribution in [0.2, 0.25) is 0 Å². The van der Waals surface area contributed by atoms with Gasteiger partial charge in [-0.15, -0.1) is 0 Å². The average molecular weight is 243 g/mol. The Hall–Kier alpha value is 0.650. The second kappa shape index (κ2) is 3.73. The van der Waals surface area contributed by atoms with Crippen LogP contribution in [0.3, 0.4) is 0 Å². The van der Waals surface area contributed by atoms with Crippen LogP contribution in [0.4, 0.5) is 0 Å². The molecule has 0 aromatic rings. The standard InChI is InChI=1S/C6H12IO2/c1-9-4-5-2-6(8)7-3-5/h5-6,8H,2-4H2,1H3/q-1/t5-,6?/m1/s1. The van der Waals surface area contributed by atoms with Crippen LogP contribution >= 0.6 is 0 Å². The van der Waals surface area contributed by atoms with Gasteiger partial charge in [-0.3, -0.25) is 0 Å². The SMILES string of the molecule is COC[C@H]1C[I-]C(O)C1. The van der Waals surface area contributed by atoms with Crippen LogP contribution in [0.5, 0.6) is 0 Å². The van der Waals surface area contributed by atoms with Gasteiger partial charge < -0.3 is 0 Å². The number of hydrogen-bond acceptors (Lipinski definition) is 2. The number of methoxy groups -OCH3 is 1. The van der Waals surface area contributed by atoms with Crippen LogP contribution < -0.4 is 21.2 Å². The molecule has 9 heavy (non-hydrogen) atoms. The molecule has 56 valence electrons. The molecule has 1 aliphatic rings. The summed E-state index contributed by atoms with van der Waals surface area (Å²) in [5, 5.41) is 9.12. The predicted molar refractivity (Wildman–Crippen MR) is 30.9 cm³/mol. The van der Waals surface area contributed by atoms with Gasteiger partial charge in [-0.25, -0.2) is 0 Å². The summed E-state index contributed by atoms with van der Waals surface area (Å²) < 4.78 is 6.28. The van der Waals surface area contributed by atoms with Crippen molar-refractivity contribution in [2.45, 2.75) is 10.5 Å². The number of halogens is 1. The Morgan fingerprint density at radius 1 is 1.78 bits per heavy atom. The number of ether oxygens (including phenoxy) is 1. The van der Waals surface area contributed by atoms with E-state index >= 15 is 0 Å². The Balaban J connectivity index is 2.14. The molecular weight excluding hydrogens is 231 g/mol.